The molecule has 0 aliphatic heterocycles. The molecule has 0 radical (unpaired) electrons. The summed E-state index contributed by atoms with van der Waals surface area (Å²) in [6.45, 7) is 0.959. The summed E-state index contributed by atoms with van der Waals surface area (Å²) >= 11 is 0. The molecule has 3 heteroatoms. The molecule has 2 atom stereocenters. The first-order valence-corrected chi connectivity index (χ1v) is 8.16. The molecule has 2 N–H and O–H groups in total. The number of hydrogen-bond donors (Lipinski definition) is 1. The minimum Gasteiger partial charge on any atom is -0.345 e. The third-order valence-electron chi connectivity index (χ3n) is 5.09. The zero-order valence-electron chi connectivity index (χ0n) is 12.4. The maximum atomic E-state index is 12.3. The van der Waals surface area contributed by atoms with E-state index in [9.17, 15) is 4.79 Å². The van der Waals surface area contributed by atoms with Crippen molar-refractivity contribution in [2.24, 2.45) is 17.6 Å². The number of nitrogens with zero attached hydrogens (tertiary/aromatic N) is 1. The standard InChI is InChI=1S/C16H30N2O/c1-18(12-13-7-3-2-4-8-13)16(19)11-14-9-5-6-10-15(14)17/h13-15H,2-12,17H2,1H3. The van der Waals surface area contributed by atoms with Crippen LogP contribution >= 0.6 is 0 Å². The van der Waals surface area contributed by atoms with Gasteiger partial charge >= 0.3 is 0 Å². The lowest BCUT2D eigenvalue weighted by Crippen LogP contribution is -2.39. The monoisotopic (exact) mass is 266 g/mol. The van der Waals surface area contributed by atoms with Crippen LogP contribution in [0.1, 0.15) is 64.2 Å². The van der Waals surface area contributed by atoms with Crippen molar-refractivity contribution in [2.45, 2.75) is 70.3 Å². The Balaban J connectivity index is 1.74. The largest absolute Gasteiger partial charge is 0.345 e. The van der Waals surface area contributed by atoms with Gasteiger partial charge in [-0.05, 0) is 37.5 Å². The van der Waals surface area contributed by atoms with E-state index < -0.39 is 0 Å². The minimum atomic E-state index is 0.251. The Morgan fingerprint density at radius 2 is 1.68 bits per heavy atom. The fourth-order valence-corrected chi connectivity index (χ4v) is 3.73. The zero-order valence-corrected chi connectivity index (χ0v) is 12.4. The van der Waals surface area contributed by atoms with Gasteiger partial charge in [0.15, 0.2) is 0 Å². The van der Waals surface area contributed by atoms with Crippen LogP contribution in [0.5, 0.6) is 0 Å². The molecule has 0 aromatic carbocycles. The van der Waals surface area contributed by atoms with Crippen molar-refractivity contribution in [1.82, 2.24) is 4.90 Å². The van der Waals surface area contributed by atoms with Crippen LogP contribution < -0.4 is 5.73 Å². The smallest absolute Gasteiger partial charge is 0.222 e. The molecule has 2 unspecified atom stereocenters. The van der Waals surface area contributed by atoms with E-state index in [0.717, 1.165) is 25.3 Å². The van der Waals surface area contributed by atoms with Gasteiger partial charge in [-0.25, -0.2) is 0 Å². The fourth-order valence-electron chi connectivity index (χ4n) is 3.73. The number of nitrogens with two attached hydrogens (primary N) is 1. The molecule has 0 aromatic heterocycles. The van der Waals surface area contributed by atoms with Crippen molar-refractivity contribution in [3.63, 3.8) is 0 Å². The summed E-state index contributed by atoms with van der Waals surface area (Å²) < 4.78 is 0. The molecular weight excluding hydrogens is 236 g/mol. The molecule has 110 valence electrons. The second kappa shape index (κ2) is 7.28. The predicted molar refractivity (Wildman–Crippen MR) is 78.8 cm³/mol. The number of carbonyl (C=O) groups is 1. The van der Waals surface area contributed by atoms with Crippen LogP contribution in [0, 0.1) is 11.8 Å². The van der Waals surface area contributed by atoms with Gasteiger partial charge in [0.05, 0.1) is 0 Å². The van der Waals surface area contributed by atoms with Gasteiger partial charge in [-0.15, -0.1) is 0 Å². The van der Waals surface area contributed by atoms with E-state index in [0.29, 0.717) is 18.2 Å². The molecule has 2 aliphatic carbocycles. The van der Waals surface area contributed by atoms with Gasteiger partial charge in [-0.3, -0.25) is 4.79 Å². The van der Waals surface area contributed by atoms with Gasteiger partial charge in [-0.2, -0.15) is 0 Å². The predicted octanol–water partition coefficient (Wildman–Crippen LogP) is 2.93. The Hall–Kier alpha value is -0.570. The molecule has 0 saturated heterocycles. The van der Waals surface area contributed by atoms with Gasteiger partial charge in [0.1, 0.15) is 0 Å². The summed E-state index contributed by atoms with van der Waals surface area (Å²) in [5, 5.41) is 0. The van der Waals surface area contributed by atoms with Gasteiger partial charge in [0, 0.05) is 26.1 Å². The summed E-state index contributed by atoms with van der Waals surface area (Å²) in [6.07, 6.45) is 12.1. The Kier molecular flexibility index (Phi) is 5.68. The van der Waals surface area contributed by atoms with E-state index in [1.165, 1.54) is 44.9 Å². The molecule has 2 aliphatic rings. The lowest BCUT2D eigenvalue weighted by Gasteiger charge is -2.31. The highest BCUT2D eigenvalue weighted by molar-refractivity contribution is 5.76. The quantitative estimate of drug-likeness (QED) is 0.850. The van der Waals surface area contributed by atoms with Crippen molar-refractivity contribution < 1.29 is 4.79 Å². The molecule has 0 spiro atoms. The summed E-state index contributed by atoms with van der Waals surface area (Å²) in [5.74, 6) is 1.48. The number of amides is 1. The van der Waals surface area contributed by atoms with Crippen LogP contribution in [0.3, 0.4) is 0 Å². The zero-order chi connectivity index (χ0) is 13.7. The van der Waals surface area contributed by atoms with Crippen molar-refractivity contribution >= 4 is 5.91 Å². The first-order valence-electron chi connectivity index (χ1n) is 8.16. The topological polar surface area (TPSA) is 46.3 Å². The molecule has 2 fully saturated rings. The summed E-state index contributed by atoms with van der Waals surface area (Å²) in [4.78, 5) is 14.3. The van der Waals surface area contributed by atoms with Crippen LogP contribution in [0.15, 0.2) is 0 Å². The van der Waals surface area contributed by atoms with E-state index >= 15 is 0 Å². The SMILES string of the molecule is CN(CC1CCCCC1)C(=O)CC1CCCCC1N. The summed E-state index contributed by atoms with van der Waals surface area (Å²) in [7, 11) is 1.98. The Labute approximate surface area is 117 Å². The molecule has 3 nitrogen and oxygen atoms in total. The average Bonchev–Trinajstić information content (AvgIpc) is 2.42. The van der Waals surface area contributed by atoms with E-state index in [-0.39, 0.29) is 6.04 Å². The van der Waals surface area contributed by atoms with Crippen LogP contribution in [0.2, 0.25) is 0 Å². The fraction of sp³-hybridized carbons (Fsp3) is 0.938. The Morgan fingerprint density at radius 1 is 1.05 bits per heavy atom. The van der Waals surface area contributed by atoms with Crippen LogP contribution in [0.4, 0.5) is 0 Å². The van der Waals surface area contributed by atoms with E-state index in [2.05, 4.69) is 0 Å². The third kappa shape index (κ3) is 4.48. The normalized spacial score (nSPS) is 29.2. The summed E-state index contributed by atoms with van der Waals surface area (Å²) in [5.41, 5.74) is 6.14. The second-order valence-electron chi connectivity index (χ2n) is 6.69. The number of rotatable bonds is 4. The van der Waals surface area contributed by atoms with Crippen molar-refractivity contribution in [3.05, 3.63) is 0 Å². The van der Waals surface area contributed by atoms with Crippen molar-refractivity contribution in [3.8, 4) is 0 Å². The molecule has 0 heterocycles. The maximum absolute atomic E-state index is 12.3. The van der Waals surface area contributed by atoms with Crippen LogP contribution in [-0.4, -0.2) is 30.4 Å². The van der Waals surface area contributed by atoms with Gasteiger partial charge in [0.2, 0.25) is 5.91 Å². The van der Waals surface area contributed by atoms with Gasteiger partial charge < -0.3 is 10.6 Å². The maximum Gasteiger partial charge on any atom is 0.222 e. The lowest BCUT2D eigenvalue weighted by molar-refractivity contribution is -0.132. The van der Waals surface area contributed by atoms with E-state index in [4.69, 9.17) is 5.73 Å². The Morgan fingerprint density at radius 3 is 2.37 bits per heavy atom. The van der Waals surface area contributed by atoms with Gasteiger partial charge in [0.25, 0.3) is 0 Å². The second-order valence-corrected chi connectivity index (χ2v) is 6.69. The third-order valence-corrected chi connectivity index (χ3v) is 5.09. The number of hydrogen-bond acceptors (Lipinski definition) is 2. The van der Waals surface area contributed by atoms with Crippen molar-refractivity contribution in [2.75, 3.05) is 13.6 Å². The van der Waals surface area contributed by atoms with Crippen molar-refractivity contribution in [1.29, 1.82) is 0 Å². The highest BCUT2D eigenvalue weighted by Crippen LogP contribution is 2.27. The minimum absolute atomic E-state index is 0.251. The molecular formula is C16H30N2O. The first-order chi connectivity index (χ1) is 9.16. The average molecular weight is 266 g/mol. The molecule has 2 rings (SSSR count). The van der Waals surface area contributed by atoms with Gasteiger partial charge in [-0.1, -0.05) is 32.1 Å². The van der Waals surface area contributed by atoms with E-state index in [1.54, 1.807) is 0 Å². The van der Waals surface area contributed by atoms with Crippen LogP contribution in [-0.2, 0) is 4.79 Å². The molecule has 2 saturated carbocycles. The molecule has 1 amide bonds. The highest BCUT2D eigenvalue weighted by Gasteiger charge is 2.26. The highest BCUT2D eigenvalue weighted by atomic mass is 16.2. The Bertz CT molecular complexity index is 286. The molecule has 0 bridgehead atoms. The summed E-state index contributed by atoms with van der Waals surface area (Å²) in [6, 6.07) is 0.251. The van der Waals surface area contributed by atoms with Crippen LogP contribution in [0.25, 0.3) is 0 Å². The molecule has 19 heavy (non-hydrogen) atoms. The lowest BCUT2D eigenvalue weighted by atomic mass is 9.82. The number of carbonyl (C=O) groups excluding carboxylic acids is 1. The first kappa shape index (κ1) is 14.8. The molecule has 0 aromatic rings. The van der Waals surface area contributed by atoms with E-state index in [1.807, 2.05) is 11.9 Å².